The minimum Gasteiger partial charge on any atom is -0.391 e. The second kappa shape index (κ2) is 3.92. The summed E-state index contributed by atoms with van der Waals surface area (Å²) in [5.41, 5.74) is -0.921. The first-order valence-electron chi connectivity index (χ1n) is 4.46. The van der Waals surface area contributed by atoms with Gasteiger partial charge in [-0.2, -0.15) is 5.10 Å². The predicted molar refractivity (Wildman–Crippen MR) is 54.7 cm³/mol. The fourth-order valence-corrected chi connectivity index (χ4v) is 2.26. The fourth-order valence-electron chi connectivity index (χ4n) is 0.877. The Morgan fingerprint density at radius 1 is 1.60 bits per heavy atom. The van der Waals surface area contributed by atoms with Crippen molar-refractivity contribution in [3.63, 3.8) is 0 Å². The highest BCUT2D eigenvalue weighted by Gasteiger charge is 2.30. The number of nitrogens with one attached hydrogen (secondary N) is 2. The molecule has 86 valence electrons. The number of nitrogens with zero attached hydrogens (tertiary/aromatic N) is 1. The summed E-state index contributed by atoms with van der Waals surface area (Å²) in [5, 5.41) is 15.4. The highest BCUT2D eigenvalue weighted by Crippen LogP contribution is 2.14. The second-order valence-electron chi connectivity index (χ2n) is 3.94. The number of hydrogen-bond acceptors (Lipinski definition) is 4. The van der Waals surface area contributed by atoms with E-state index >= 15 is 0 Å². The largest absolute Gasteiger partial charge is 0.391 e. The molecule has 1 aromatic rings. The molecule has 0 aliphatic heterocycles. The summed E-state index contributed by atoms with van der Waals surface area (Å²) in [6.07, 6.45) is 1.69. The fraction of sp³-hybridized carbons (Fsp3) is 0.625. The van der Waals surface area contributed by atoms with Crippen molar-refractivity contribution in [1.29, 1.82) is 0 Å². The Kier molecular flexibility index (Phi) is 3.17. The van der Waals surface area contributed by atoms with E-state index in [0.29, 0.717) is 0 Å². The van der Waals surface area contributed by atoms with E-state index in [2.05, 4.69) is 14.9 Å². The zero-order chi connectivity index (χ0) is 11.7. The Labute approximate surface area is 88.8 Å². The van der Waals surface area contributed by atoms with Crippen molar-refractivity contribution in [2.45, 2.75) is 37.3 Å². The Morgan fingerprint density at radius 2 is 2.20 bits per heavy atom. The number of aliphatic hydroxyl groups excluding tert-OH is 1. The average molecular weight is 233 g/mol. The van der Waals surface area contributed by atoms with Gasteiger partial charge >= 0.3 is 0 Å². The van der Waals surface area contributed by atoms with Crippen LogP contribution < -0.4 is 4.72 Å². The summed E-state index contributed by atoms with van der Waals surface area (Å²) in [6, 6.07) is 0. The zero-order valence-electron chi connectivity index (χ0n) is 8.85. The van der Waals surface area contributed by atoms with E-state index < -0.39 is 21.7 Å². The third kappa shape index (κ3) is 2.77. The minimum absolute atomic E-state index is 0.0521. The van der Waals surface area contributed by atoms with E-state index in [1.807, 2.05) is 0 Å². The molecular formula is C8H15N3O3S. The Hall–Kier alpha value is -0.920. The Morgan fingerprint density at radius 3 is 2.60 bits per heavy atom. The van der Waals surface area contributed by atoms with E-state index in [1.165, 1.54) is 19.3 Å². The SMILES string of the molecule is CC(O)C(C)(C)NS(=O)(=O)c1cn[nH]c1. The maximum atomic E-state index is 11.7. The summed E-state index contributed by atoms with van der Waals surface area (Å²) in [6.45, 7) is 4.74. The smallest absolute Gasteiger partial charge is 0.244 e. The van der Waals surface area contributed by atoms with Gasteiger partial charge in [-0.1, -0.05) is 0 Å². The number of aromatic amines is 1. The highest BCUT2D eigenvalue weighted by molar-refractivity contribution is 7.89. The summed E-state index contributed by atoms with van der Waals surface area (Å²) >= 11 is 0. The molecule has 7 heteroatoms. The van der Waals surface area contributed by atoms with Gasteiger partial charge in [0.1, 0.15) is 4.90 Å². The molecule has 6 nitrogen and oxygen atoms in total. The number of sulfonamides is 1. The van der Waals surface area contributed by atoms with Crippen LogP contribution in [0.5, 0.6) is 0 Å². The summed E-state index contributed by atoms with van der Waals surface area (Å²) in [5.74, 6) is 0. The van der Waals surface area contributed by atoms with Gasteiger partial charge < -0.3 is 5.11 Å². The van der Waals surface area contributed by atoms with Gasteiger partial charge in [-0.25, -0.2) is 13.1 Å². The quantitative estimate of drug-likeness (QED) is 0.674. The average Bonchev–Trinajstić information content (AvgIpc) is 2.53. The molecule has 0 bridgehead atoms. The third-order valence-electron chi connectivity index (χ3n) is 2.23. The van der Waals surface area contributed by atoms with Gasteiger partial charge in [0.25, 0.3) is 0 Å². The van der Waals surface area contributed by atoms with E-state index in [4.69, 9.17) is 0 Å². The molecule has 0 saturated heterocycles. The van der Waals surface area contributed by atoms with Crippen molar-refractivity contribution in [1.82, 2.24) is 14.9 Å². The van der Waals surface area contributed by atoms with Crippen LogP contribution >= 0.6 is 0 Å². The van der Waals surface area contributed by atoms with Gasteiger partial charge in [-0.05, 0) is 20.8 Å². The van der Waals surface area contributed by atoms with Gasteiger partial charge in [-0.3, -0.25) is 5.10 Å². The molecule has 0 aliphatic carbocycles. The lowest BCUT2D eigenvalue weighted by Crippen LogP contribution is -2.50. The zero-order valence-corrected chi connectivity index (χ0v) is 9.67. The number of hydrogen-bond donors (Lipinski definition) is 3. The molecule has 0 aromatic carbocycles. The van der Waals surface area contributed by atoms with Crippen molar-refractivity contribution in [2.75, 3.05) is 0 Å². The number of aliphatic hydroxyl groups is 1. The molecule has 0 amide bonds. The molecule has 1 unspecified atom stereocenters. The third-order valence-corrected chi connectivity index (χ3v) is 3.86. The van der Waals surface area contributed by atoms with Crippen LogP contribution in [0.4, 0.5) is 0 Å². The van der Waals surface area contributed by atoms with Crippen LogP contribution in [-0.2, 0) is 10.0 Å². The highest BCUT2D eigenvalue weighted by atomic mass is 32.2. The summed E-state index contributed by atoms with van der Waals surface area (Å²) < 4.78 is 25.9. The van der Waals surface area contributed by atoms with E-state index in [9.17, 15) is 13.5 Å². The number of aromatic nitrogens is 2. The molecule has 0 saturated carbocycles. The molecule has 3 N–H and O–H groups in total. The molecule has 0 spiro atoms. The summed E-state index contributed by atoms with van der Waals surface area (Å²) in [4.78, 5) is 0.0521. The number of rotatable bonds is 4. The maximum Gasteiger partial charge on any atom is 0.244 e. The first kappa shape index (κ1) is 12.2. The van der Waals surface area contributed by atoms with Gasteiger partial charge in [0, 0.05) is 6.20 Å². The van der Waals surface area contributed by atoms with Crippen LogP contribution in [0, 0.1) is 0 Å². The topological polar surface area (TPSA) is 95.1 Å². The molecule has 1 aromatic heterocycles. The first-order valence-corrected chi connectivity index (χ1v) is 5.95. The van der Waals surface area contributed by atoms with Crippen molar-refractivity contribution in [2.24, 2.45) is 0 Å². The first-order chi connectivity index (χ1) is 6.76. The predicted octanol–water partition coefficient (Wildman–Crippen LogP) is -0.153. The Balaban J connectivity index is 2.92. The molecule has 1 rings (SSSR count). The minimum atomic E-state index is -3.62. The van der Waals surface area contributed by atoms with E-state index in [-0.39, 0.29) is 4.90 Å². The normalized spacial score (nSPS) is 15.2. The molecule has 15 heavy (non-hydrogen) atoms. The molecule has 0 fully saturated rings. The molecular weight excluding hydrogens is 218 g/mol. The van der Waals surface area contributed by atoms with Crippen LogP contribution in [0.25, 0.3) is 0 Å². The molecule has 0 aliphatic rings. The van der Waals surface area contributed by atoms with E-state index in [0.717, 1.165) is 0 Å². The molecule has 1 heterocycles. The number of H-pyrrole nitrogens is 1. The Bertz CT molecular complexity index is 408. The standard InChI is InChI=1S/C8H15N3O3S/c1-6(12)8(2,3)11-15(13,14)7-4-9-10-5-7/h4-6,11-12H,1-3H3,(H,9,10). The van der Waals surface area contributed by atoms with Crippen LogP contribution in [0.1, 0.15) is 20.8 Å². The van der Waals surface area contributed by atoms with Crippen LogP contribution in [0.15, 0.2) is 17.3 Å². The van der Waals surface area contributed by atoms with Crippen molar-refractivity contribution in [3.05, 3.63) is 12.4 Å². The van der Waals surface area contributed by atoms with Gasteiger partial charge in [-0.15, -0.1) is 0 Å². The van der Waals surface area contributed by atoms with Crippen LogP contribution in [-0.4, -0.2) is 35.4 Å². The molecule has 1 atom stereocenters. The van der Waals surface area contributed by atoms with E-state index in [1.54, 1.807) is 13.8 Å². The van der Waals surface area contributed by atoms with Crippen molar-refractivity contribution < 1.29 is 13.5 Å². The monoisotopic (exact) mass is 233 g/mol. The van der Waals surface area contributed by atoms with Crippen LogP contribution in [0.3, 0.4) is 0 Å². The van der Waals surface area contributed by atoms with Gasteiger partial charge in [0.15, 0.2) is 0 Å². The second-order valence-corrected chi connectivity index (χ2v) is 5.62. The maximum absolute atomic E-state index is 11.7. The summed E-state index contributed by atoms with van der Waals surface area (Å²) in [7, 11) is -3.62. The van der Waals surface area contributed by atoms with Crippen LogP contribution in [0.2, 0.25) is 0 Å². The lowest BCUT2D eigenvalue weighted by atomic mass is 10.0. The lowest BCUT2D eigenvalue weighted by molar-refractivity contribution is 0.111. The lowest BCUT2D eigenvalue weighted by Gasteiger charge is -2.28. The van der Waals surface area contributed by atoms with Crippen molar-refractivity contribution in [3.8, 4) is 0 Å². The van der Waals surface area contributed by atoms with Crippen molar-refractivity contribution >= 4 is 10.0 Å². The molecule has 0 radical (unpaired) electrons. The van der Waals surface area contributed by atoms with Gasteiger partial charge in [0.2, 0.25) is 10.0 Å². The van der Waals surface area contributed by atoms with Gasteiger partial charge in [0.05, 0.1) is 17.8 Å².